The number of benzene rings is 1. The maximum Gasteiger partial charge on any atom is 0.263 e. The topological polar surface area (TPSA) is 80.3 Å². The highest BCUT2D eigenvalue weighted by Crippen LogP contribution is 2.26. The Morgan fingerprint density at radius 3 is 2.86 bits per heavy atom. The molecule has 0 saturated heterocycles. The van der Waals surface area contributed by atoms with Crippen LogP contribution in [0.3, 0.4) is 0 Å². The second-order valence-corrected chi connectivity index (χ2v) is 5.84. The fourth-order valence-corrected chi connectivity index (χ4v) is 3.13. The van der Waals surface area contributed by atoms with Crippen LogP contribution in [0.1, 0.15) is 32.1 Å². The van der Waals surface area contributed by atoms with Crippen molar-refractivity contribution in [1.29, 1.82) is 0 Å². The summed E-state index contributed by atoms with van der Waals surface area (Å²) in [5.74, 6) is 0.316. The Balaban J connectivity index is 1.76. The summed E-state index contributed by atoms with van der Waals surface area (Å²) in [5.41, 5.74) is 1.26. The Kier molecular flexibility index (Phi) is 4.06. The normalized spacial score (nSPS) is 13.8. The lowest BCUT2D eigenvalue weighted by atomic mass is 10.2. The number of fused-ring (bicyclic) bond motifs is 1. The smallest absolute Gasteiger partial charge is 0.263 e. The van der Waals surface area contributed by atoms with Crippen molar-refractivity contribution >= 4 is 28.3 Å². The third-order valence-corrected chi connectivity index (χ3v) is 4.36. The van der Waals surface area contributed by atoms with Crippen LogP contribution in [0.15, 0.2) is 24.3 Å². The van der Waals surface area contributed by atoms with Crippen molar-refractivity contribution in [1.82, 2.24) is 10.3 Å². The van der Waals surface area contributed by atoms with E-state index in [2.05, 4.69) is 15.6 Å². The van der Waals surface area contributed by atoms with Gasteiger partial charge in [0.15, 0.2) is 5.13 Å². The Morgan fingerprint density at radius 1 is 1.36 bits per heavy atom. The lowest BCUT2D eigenvalue weighted by Crippen LogP contribution is -2.21. The Morgan fingerprint density at radius 2 is 2.14 bits per heavy atom. The summed E-state index contributed by atoms with van der Waals surface area (Å²) in [7, 11) is 1.57. The SMILES string of the molecule is COc1ccc(C(=O)Nc2nc3c(s2)C(=O)NCCC3)cc1. The largest absolute Gasteiger partial charge is 0.497 e. The van der Waals surface area contributed by atoms with Gasteiger partial charge in [-0.15, -0.1) is 0 Å². The predicted molar refractivity (Wildman–Crippen MR) is 83.7 cm³/mol. The van der Waals surface area contributed by atoms with Crippen molar-refractivity contribution in [3.8, 4) is 5.75 Å². The molecule has 0 atom stereocenters. The minimum absolute atomic E-state index is 0.116. The lowest BCUT2D eigenvalue weighted by molar-refractivity contribution is 0.0958. The van der Waals surface area contributed by atoms with Gasteiger partial charge in [-0.3, -0.25) is 14.9 Å². The van der Waals surface area contributed by atoms with Gasteiger partial charge in [-0.2, -0.15) is 0 Å². The van der Waals surface area contributed by atoms with Crippen molar-refractivity contribution in [2.75, 3.05) is 19.0 Å². The number of hydrogen-bond donors (Lipinski definition) is 2. The quantitative estimate of drug-likeness (QED) is 0.908. The summed E-state index contributed by atoms with van der Waals surface area (Å²) in [6.07, 6.45) is 1.59. The first-order chi connectivity index (χ1) is 10.7. The second kappa shape index (κ2) is 6.15. The zero-order valence-corrected chi connectivity index (χ0v) is 12.8. The molecule has 0 radical (unpaired) electrons. The van der Waals surface area contributed by atoms with E-state index in [0.717, 1.165) is 18.5 Å². The van der Waals surface area contributed by atoms with Gasteiger partial charge >= 0.3 is 0 Å². The third kappa shape index (κ3) is 2.94. The summed E-state index contributed by atoms with van der Waals surface area (Å²) in [6, 6.07) is 6.80. The number of hydrogen-bond acceptors (Lipinski definition) is 5. The summed E-state index contributed by atoms with van der Waals surface area (Å²) in [5, 5.41) is 6.01. The minimum Gasteiger partial charge on any atom is -0.497 e. The number of anilines is 1. The molecule has 0 bridgehead atoms. The van der Waals surface area contributed by atoms with Crippen molar-refractivity contribution in [3.63, 3.8) is 0 Å². The molecule has 7 heteroatoms. The number of amides is 2. The molecule has 0 aliphatic carbocycles. The van der Waals surface area contributed by atoms with Gasteiger partial charge < -0.3 is 10.1 Å². The number of aromatic nitrogens is 1. The highest BCUT2D eigenvalue weighted by Gasteiger charge is 2.21. The minimum atomic E-state index is -0.257. The van der Waals surface area contributed by atoms with E-state index in [1.165, 1.54) is 11.3 Å². The van der Waals surface area contributed by atoms with Crippen molar-refractivity contribution in [3.05, 3.63) is 40.4 Å². The zero-order chi connectivity index (χ0) is 15.5. The molecular formula is C15H15N3O3S. The monoisotopic (exact) mass is 317 g/mol. The van der Waals surface area contributed by atoms with E-state index in [-0.39, 0.29) is 11.8 Å². The van der Waals surface area contributed by atoms with Crippen molar-refractivity contribution in [2.45, 2.75) is 12.8 Å². The number of carbonyl (C=O) groups is 2. The number of carbonyl (C=O) groups excluding carboxylic acids is 2. The molecular weight excluding hydrogens is 302 g/mol. The molecule has 0 fully saturated rings. The first-order valence-electron chi connectivity index (χ1n) is 6.90. The molecule has 1 aliphatic rings. The Hall–Kier alpha value is -2.41. The molecule has 1 aromatic heterocycles. The van der Waals surface area contributed by atoms with Gasteiger partial charge in [-0.25, -0.2) is 4.98 Å². The van der Waals surface area contributed by atoms with Crippen molar-refractivity contribution < 1.29 is 14.3 Å². The van der Waals surface area contributed by atoms with Gasteiger partial charge in [0.1, 0.15) is 10.6 Å². The molecule has 2 aromatic rings. The Bertz CT molecular complexity index is 709. The molecule has 2 heterocycles. The molecule has 1 aromatic carbocycles. The van der Waals surface area contributed by atoms with Crippen molar-refractivity contribution in [2.24, 2.45) is 0 Å². The van der Waals surface area contributed by atoms with Crippen LogP contribution in [0.25, 0.3) is 0 Å². The molecule has 0 unspecified atom stereocenters. The summed E-state index contributed by atoms with van der Waals surface area (Å²) >= 11 is 1.21. The van der Waals surface area contributed by atoms with E-state index in [9.17, 15) is 9.59 Å². The second-order valence-electron chi connectivity index (χ2n) is 4.84. The van der Waals surface area contributed by atoms with Crippen LogP contribution in [0.5, 0.6) is 5.75 Å². The summed E-state index contributed by atoms with van der Waals surface area (Å²) < 4.78 is 5.06. The first kappa shape index (κ1) is 14.5. The molecule has 1 aliphatic heterocycles. The lowest BCUT2D eigenvalue weighted by Gasteiger charge is -2.03. The average molecular weight is 317 g/mol. The number of rotatable bonds is 3. The van der Waals surface area contributed by atoms with Crippen LogP contribution in [0.4, 0.5) is 5.13 Å². The molecule has 2 N–H and O–H groups in total. The van der Waals surface area contributed by atoms with Gasteiger partial charge in [0.05, 0.1) is 12.8 Å². The molecule has 2 amide bonds. The van der Waals surface area contributed by atoms with E-state index in [1.807, 2.05) is 0 Å². The first-order valence-corrected chi connectivity index (χ1v) is 7.72. The van der Waals surface area contributed by atoms with Gasteiger partial charge in [0.2, 0.25) is 0 Å². The van der Waals surface area contributed by atoms with Crippen LogP contribution in [-0.4, -0.2) is 30.5 Å². The number of methoxy groups -OCH3 is 1. The van der Waals surface area contributed by atoms with Crippen LogP contribution in [-0.2, 0) is 6.42 Å². The van der Waals surface area contributed by atoms with E-state index in [0.29, 0.717) is 27.9 Å². The van der Waals surface area contributed by atoms with Crippen LogP contribution in [0, 0.1) is 0 Å². The number of nitrogens with one attached hydrogen (secondary N) is 2. The highest BCUT2D eigenvalue weighted by molar-refractivity contribution is 7.17. The standard InChI is InChI=1S/C15H15N3O3S/c1-21-10-6-4-9(5-7-10)13(19)18-15-17-11-3-2-8-16-14(20)12(11)22-15/h4-7H,2-3,8H2,1H3,(H,16,20)(H,17,18,19). The number of nitrogens with zero attached hydrogens (tertiary/aromatic N) is 1. The maximum atomic E-state index is 12.2. The number of ether oxygens (including phenoxy) is 1. The highest BCUT2D eigenvalue weighted by atomic mass is 32.1. The van der Waals surface area contributed by atoms with Gasteiger partial charge in [0.25, 0.3) is 11.8 Å². The van der Waals surface area contributed by atoms with Crippen LogP contribution >= 0.6 is 11.3 Å². The number of aryl methyl sites for hydroxylation is 1. The maximum absolute atomic E-state index is 12.2. The van der Waals surface area contributed by atoms with Crippen LogP contribution < -0.4 is 15.4 Å². The molecule has 6 nitrogen and oxygen atoms in total. The average Bonchev–Trinajstić information content (AvgIpc) is 2.86. The number of thiazole rings is 1. The van der Waals surface area contributed by atoms with Crippen LogP contribution in [0.2, 0.25) is 0 Å². The van der Waals surface area contributed by atoms with E-state index in [4.69, 9.17) is 4.74 Å². The predicted octanol–water partition coefficient (Wildman–Crippen LogP) is 2.08. The van der Waals surface area contributed by atoms with Gasteiger partial charge in [0, 0.05) is 12.1 Å². The molecule has 0 spiro atoms. The van der Waals surface area contributed by atoms with Gasteiger partial charge in [-0.05, 0) is 37.1 Å². The third-order valence-electron chi connectivity index (χ3n) is 3.35. The summed E-state index contributed by atoms with van der Waals surface area (Å²) in [6.45, 7) is 0.662. The zero-order valence-electron chi connectivity index (χ0n) is 12.0. The van der Waals surface area contributed by atoms with E-state index < -0.39 is 0 Å². The molecule has 114 valence electrons. The summed E-state index contributed by atoms with van der Waals surface area (Å²) in [4.78, 5) is 29.0. The molecule has 0 saturated carbocycles. The fourth-order valence-electron chi connectivity index (χ4n) is 2.20. The van der Waals surface area contributed by atoms with E-state index >= 15 is 0 Å². The fraction of sp³-hybridized carbons (Fsp3) is 0.267. The van der Waals surface area contributed by atoms with E-state index in [1.54, 1.807) is 31.4 Å². The Labute approximate surface area is 131 Å². The molecule has 22 heavy (non-hydrogen) atoms. The molecule has 3 rings (SSSR count). The van der Waals surface area contributed by atoms with Gasteiger partial charge in [-0.1, -0.05) is 11.3 Å².